The summed E-state index contributed by atoms with van der Waals surface area (Å²) in [5.74, 6) is 1.90. The summed E-state index contributed by atoms with van der Waals surface area (Å²) in [6.07, 6.45) is 5.59. The minimum atomic E-state index is 0.198. The van der Waals surface area contributed by atoms with Gasteiger partial charge < -0.3 is 10.1 Å². The minimum absolute atomic E-state index is 0.198. The summed E-state index contributed by atoms with van der Waals surface area (Å²) < 4.78 is 6.84. The number of fused-ring (bicyclic) bond motifs is 1. The molecule has 1 saturated carbocycles. The van der Waals surface area contributed by atoms with Gasteiger partial charge in [0.05, 0.1) is 5.54 Å². The Kier molecular flexibility index (Phi) is 2.26. The summed E-state index contributed by atoms with van der Waals surface area (Å²) in [6.45, 7) is 0.801. The van der Waals surface area contributed by atoms with E-state index in [-0.39, 0.29) is 5.54 Å². The van der Waals surface area contributed by atoms with Crippen LogP contribution in [-0.4, -0.2) is 17.1 Å². The number of aromatic nitrogens is 1. The Morgan fingerprint density at radius 3 is 3.07 bits per heavy atom. The molecule has 0 atom stereocenters. The van der Waals surface area contributed by atoms with Crippen LogP contribution >= 0.6 is 22.6 Å². The summed E-state index contributed by atoms with van der Waals surface area (Å²) in [5, 5.41) is 3.55. The van der Waals surface area contributed by atoms with Crippen LogP contribution in [0.4, 0.5) is 5.82 Å². The lowest BCUT2D eigenvalue weighted by atomic mass is 9.77. The van der Waals surface area contributed by atoms with Crippen LogP contribution in [0.1, 0.15) is 24.8 Å². The molecule has 0 unspecified atom stereocenters. The van der Waals surface area contributed by atoms with Gasteiger partial charge in [0.1, 0.15) is 6.61 Å². The van der Waals surface area contributed by atoms with Gasteiger partial charge in [-0.15, -0.1) is 0 Å². The van der Waals surface area contributed by atoms with Crippen LogP contribution in [0.2, 0.25) is 0 Å². The first kappa shape index (κ1) is 9.69. The maximum atomic E-state index is 5.87. The van der Waals surface area contributed by atoms with Crippen molar-refractivity contribution in [2.24, 2.45) is 0 Å². The summed E-state index contributed by atoms with van der Waals surface area (Å²) in [4.78, 5) is 4.37. The summed E-state index contributed by atoms with van der Waals surface area (Å²) in [5.41, 5.74) is 1.44. The Morgan fingerprint density at radius 1 is 1.53 bits per heavy atom. The molecule has 0 aromatic carbocycles. The maximum Gasteiger partial charge on any atom is 0.169 e. The number of pyridine rings is 1. The van der Waals surface area contributed by atoms with Gasteiger partial charge in [0.2, 0.25) is 0 Å². The third-order valence-electron chi connectivity index (χ3n) is 3.32. The zero-order chi connectivity index (χ0) is 10.3. The number of rotatable bonds is 1. The molecule has 0 saturated heterocycles. The number of alkyl halides is 1. The van der Waals surface area contributed by atoms with Crippen molar-refractivity contribution in [3.63, 3.8) is 0 Å². The van der Waals surface area contributed by atoms with E-state index in [1.54, 1.807) is 0 Å². The van der Waals surface area contributed by atoms with Crippen LogP contribution in [-0.2, 0) is 4.43 Å². The Balaban J connectivity index is 1.96. The largest absolute Gasteiger partial charge is 0.487 e. The molecule has 1 aliphatic carbocycles. The van der Waals surface area contributed by atoms with Gasteiger partial charge >= 0.3 is 0 Å². The molecule has 80 valence electrons. The maximum absolute atomic E-state index is 5.87. The lowest BCUT2D eigenvalue weighted by Gasteiger charge is -2.45. The van der Waals surface area contributed by atoms with Crippen LogP contribution < -0.4 is 10.1 Å². The van der Waals surface area contributed by atoms with Gasteiger partial charge in [0.15, 0.2) is 11.6 Å². The Hall–Kier alpha value is -0.520. The molecule has 1 fully saturated rings. The van der Waals surface area contributed by atoms with E-state index >= 15 is 0 Å². The molecule has 0 radical (unpaired) electrons. The second-order valence-corrected chi connectivity index (χ2v) is 5.09. The fourth-order valence-corrected chi connectivity index (χ4v) is 2.81. The van der Waals surface area contributed by atoms with Crippen molar-refractivity contribution in [1.82, 2.24) is 4.98 Å². The smallest absolute Gasteiger partial charge is 0.169 e. The molecular weight excluding hydrogens is 303 g/mol. The van der Waals surface area contributed by atoms with Crippen LogP contribution in [0.3, 0.4) is 0 Å². The first-order chi connectivity index (χ1) is 7.33. The highest BCUT2D eigenvalue weighted by atomic mass is 127. The van der Waals surface area contributed by atoms with E-state index in [1.807, 2.05) is 12.3 Å². The van der Waals surface area contributed by atoms with Gasteiger partial charge in [-0.05, 0) is 25.3 Å². The molecule has 3 nitrogen and oxygen atoms in total. The third kappa shape index (κ3) is 1.49. The molecule has 4 heteroatoms. The Bertz CT molecular complexity index is 390. The fraction of sp³-hybridized carbons (Fsp3) is 0.545. The van der Waals surface area contributed by atoms with Crippen LogP contribution in [0.5, 0.6) is 5.75 Å². The number of nitrogens with one attached hydrogen (secondary N) is 1. The number of halogens is 1. The van der Waals surface area contributed by atoms with Gasteiger partial charge in [0, 0.05) is 16.2 Å². The summed E-state index contributed by atoms with van der Waals surface area (Å²) >= 11 is 2.36. The highest BCUT2D eigenvalue weighted by Crippen LogP contribution is 2.42. The monoisotopic (exact) mass is 316 g/mol. The molecule has 2 aliphatic rings. The van der Waals surface area contributed by atoms with Crippen LogP contribution in [0, 0.1) is 0 Å². The number of hydrogen-bond donors (Lipinski definition) is 1. The van der Waals surface area contributed by atoms with E-state index in [1.165, 1.54) is 24.8 Å². The van der Waals surface area contributed by atoms with E-state index in [2.05, 4.69) is 32.9 Å². The predicted molar refractivity (Wildman–Crippen MR) is 67.7 cm³/mol. The summed E-state index contributed by atoms with van der Waals surface area (Å²) in [6, 6.07) is 2.03. The third-order valence-corrected chi connectivity index (χ3v) is 4.14. The van der Waals surface area contributed by atoms with Gasteiger partial charge in [-0.25, -0.2) is 4.98 Å². The normalized spacial score (nSPS) is 21.1. The zero-order valence-corrected chi connectivity index (χ0v) is 10.6. The SMILES string of the molecule is ICc1ccnc2c1OCC1(CCC1)N2. The van der Waals surface area contributed by atoms with E-state index in [4.69, 9.17) is 4.74 Å². The topological polar surface area (TPSA) is 34.1 Å². The average Bonchev–Trinajstić information content (AvgIpc) is 2.25. The van der Waals surface area contributed by atoms with Crippen molar-refractivity contribution in [3.05, 3.63) is 17.8 Å². The molecule has 3 rings (SSSR count). The highest BCUT2D eigenvalue weighted by Gasteiger charge is 2.41. The van der Waals surface area contributed by atoms with Crippen molar-refractivity contribution in [3.8, 4) is 5.75 Å². The standard InChI is InChI=1S/C11H13IN2O/c12-6-8-2-5-13-10-9(8)15-7-11(14-10)3-1-4-11/h2,5H,1,3-4,6-7H2,(H,13,14). The molecule has 1 aliphatic heterocycles. The number of ether oxygens (including phenoxy) is 1. The average molecular weight is 316 g/mol. The fourth-order valence-electron chi connectivity index (χ4n) is 2.21. The van der Waals surface area contributed by atoms with Crippen LogP contribution in [0.25, 0.3) is 0 Å². The minimum Gasteiger partial charge on any atom is -0.487 e. The first-order valence-corrected chi connectivity index (χ1v) is 6.80. The number of anilines is 1. The van der Waals surface area contributed by atoms with Gasteiger partial charge in [0.25, 0.3) is 0 Å². The van der Waals surface area contributed by atoms with Crippen molar-refractivity contribution >= 4 is 28.4 Å². The van der Waals surface area contributed by atoms with Crippen LogP contribution in [0.15, 0.2) is 12.3 Å². The molecule has 0 amide bonds. The molecule has 1 aromatic heterocycles. The predicted octanol–water partition coefficient (Wildman–Crippen LogP) is 2.74. The lowest BCUT2D eigenvalue weighted by molar-refractivity contribution is 0.146. The molecular formula is C11H13IN2O. The molecule has 15 heavy (non-hydrogen) atoms. The second kappa shape index (κ2) is 3.50. The molecule has 1 N–H and O–H groups in total. The number of nitrogens with zero attached hydrogens (tertiary/aromatic N) is 1. The second-order valence-electron chi connectivity index (χ2n) is 4.33. The van der Waals surface area contributed by atoms with E-state index in [0.29, 0.717) is 0 Å². The quantitative estimate of drug-likeness (QED) is 0.639. The Morgan fingerprint density at radius 2 is 2.40 bits per heavy atom. The van der Waals surface area contributed by atoms with Gasteiger partial charge in [-0.3, -0.25) is 0 Å². The highest BCUT2D eigenvalue weighted by molar-refractivity contribution is 14.1. The van der Waals surface area contributed by atoms with Crippen molar-refractivity contribution < 1.29 is 4.74 Å². The molecule has 1 aromatic rings. The van der Waals surface area contributed by atoms with Crippen molar-refractivity contribution in [2.75, 3.05) is 11.9 Å². The number of hydrogen-bond acceptors (Lipinski definition) is 3. The molecule has 1 spiro atoms. The molecule has 0 bridgehead atoms. The van der Waals surface area contributed by atoms with Gasteiger partial charge in [-0.2, -0.15) is 0 Å². The molecule has 2 heterocycles. The lowest BCUT2D eigenvalue weighted by Crippen LogP contribution is -2.52. The van der Waals surface area contributed by atoms with E-state index in [0.717, 1.165) is 22.6 Å². The Labute approximate surface area is 103 Å². The summed E-state index contributed by atoms with van der Waals surface area (Å²) in [7, 11) is 0. The first-order valence-electron chi connectivity index (χ1n) is 5.28. The van der Waals surface area contributed by atoms with E-state index < -0.39 is 0 Å². The van der Waals surface area contributed by atoms with Crippen molar-refractivity contribution in [1.29, 1.82) is 0 Å². The van der Waals surface area contributed by atoms with Crippen molar-refractivity contribution in [2.45, 2.75) is 29.2 Å². The van der Waals surface area contributed by atoms with Gasteiger partial charge in [-0.1, -0.05) is 22.6 Å². The van der Waals surface area contributed by atoms with E-state index in [9.17, 15) is 0 Å². The zero-order valence-electron chi connectivity index (χ0n) is 8.42.